The third-order valence-electron chi connectivity index (χ3n) is 4.23. The van der Waals surface area contributed by atoms with E-state index < -0.39 is 11.6 Å². The smallest absolute Gasteiger partial charge is 0.325 e. The van der Waals surface area contributed by atoms with Crippen LogP contribution in [0.15, 0.2) is 58.4 Å². The summed E-state index contributed by atoms with van der Waals surface area (Å²) in [5.74, 6) is 0.162. The Morgan fingerprint density at radius 3 is 2.72 bits per heavy atom. The first kappa shape index (κ1) is 15.6. The van der Waals surface area contributed by atoms with E-state index in [2.05, 4.69) is 10.5 Å². The van der Waals surface area contributed by atoms with Crippen molar-refractivity contribution in [3.8, 4) is 11.3 Å². The number of imide groups is 1. The fraction of sp³-hybridized carbons (Fsp3) is 0.167. The van der Waals surface area contributed by atoms with Crippen molar-refractivity contribution < 1.29 is 14.1 Å². The molecule has 1 atom stereocenters. The molecule has 1 saturated heterocycles. The Hall–Kier alpha value is -2.93. The van der Waals surface area contributed by atoms with Crippen molar-refractivity contribution in [3.05, 3.63) is 64.5 Å². The number of aromatic nitrogens is 1. The molecule has 1 N–H and O–H groups in total. The van der Waals surface area contributed by atoms with Crippen molar-refractivity contribution in [2.75, 3.05) is 0 Å². The summed E-state index contributed by atoms with van der Waals surface area (Å²) in [5, 5.41) is 8.68. The highest BCUT2D eigenvalue weighted by Crippen LogP contribution is 2.32. The van der Waals surface area contributed by atoms with Crippen molar-refractivity contribution in [3.63, 3.8) is 0 Å². The van der Waals surface area contributed by atoms with Gasteiger partial charge in [0, 0.05) is 16.5 Å². The molecule has 1 aliphatic heterocycles. The minimum atomic E-state index is -1.03. The fourth-order valence-electron chi connectivity index (χ4n) is 2.86. The number of hydrogen-bond acceptors (Lipinski definition) is 5. The maximum Gasteiger partial charge on any atom is 0.325 e. The topological polar surface area (TPSA) is 75.4 Å². The third-order valence-corrected chi connectivity index (χ3v) is 5.32. The lowest BCUT2D eigenvalue weighted by Gasteiger charge is -2.19. The summed E-state index contributed by atoms with van der Waals surface area (Å²) < 4.78 is 5.32. The van der Waals surface area contributed by atoms with E-state index in [1.165, 1.54) is 11.3 Å². The highest BCUT2D eigenvalue weighted by molar-refractivity contribution is 7.10. The highest BCUT2D eigenvalue weighted by atomic mass is 32.1. The summed E-state index contributed by atoms with van der Waals surface area (Å²) in [4.78, 5) is 27.1. The molecular weight excluding hydrogens is 338 g/mol. The van der Waals surface area contributed by atoms with Gasteiger partial charge in [-0.1, -0.05) is 41.6 Å². The molecule has 1 fully saturated rings. The lowest BCUT2D eigenvalue weighted by atomic mass is 10.0. The molecule has 2 aromatic heterocycles. The monoisotopic (exact) mass is 353 g/mol. The molecule has 0 spiro atoms. The summed E-state index contributed by atoms with van der Waals surface area (Å²) in [6.45, 7) is 1.76. The minimum absolute atomic E-state index is 0.0471. The molecule has 0 aliphatic carbocycles. The second-order valence-electron chi connectivity index (χ2n) is 5.97. The molecule has 4 rings (SSSR count). The van der Waals surface area contributed by atoms with Gasteiger partial charge >= 0.3 is 6.03 Å². The molecule has 1 unspecified atom stereocenters. The molecule has 3 amide bonds. The Labute approximate surface area is 148 Å². The molecule has 0 saturated carbocycles. The molecule has 6 nitrogen and oxygen atoms in total. The van der Waals surface area contributed by atoms with Crippen LogP contribution in [-0.2, 0) is 16.9 Å². The van der Waals surface area contributed by atoms with Gasteiger partial charge in [0.2, 0.25) is 0 Å². The Morgan fingerprint density at radius 2 is 2.00 bits per heavy atom. The Balaban J connectivity index is 1.56. The maximum absolute atomic E-state index is 12.8. The standard InChI is InChI=1S/C18H15N3O3S/c1-18(15-8-5-9-25-15)16(22)21(17(23)19-18)11-13-10-14(20-24-13)12-6-3-2-4-7-12/h2-10H,11H2,1H3,(H,19,23). The first-order valence-corrected chi connectivity index (χ1v) is 8.65. The summed E-state index contributed by atoms with van der Waals surface area (Å²) in [7, 11) is 0. The van der Waals surface area contributed by atoms with E-state index >= 15 is 0 Å². The molecule has 3 heterocycles. The van der Waals surface area contributed by atoms with Crippen LogP contribution in [0.4, 0.5) is 4.79 Å². The number of thiophene rings is 1. The summed E-state index contributed by atoms with van der Waals surface area (Å²) in [6, 6.07) is 14.6. The fourth-order valence-corrected chi connectivity index (χ4v) is 3.69. The predicted molar refractivity (Wildman–Crippen MR) is 92.7 cm³/mol. The number of nitrogens with zero attached hydrogens (tertiary/aromatic N) is 2. The van der Waals surface area contributed by atoms with E-state index in [1.807, 2.05) is 47.8 Å². The molecule has 3 aromatic rings. The predicted octanol–water partition coefficient (Wildman–Crippen LogP) is 3.37. The van der Waals surface area contributed by atoms with Crippen LogP contribution in [0.25, 0.3) is 11.3 Å². The zero-order valence-corrected chi connectivity index (χ0v) is 14.2. The van der Waals surface area contributed by atoms with Crippen LogP contribution >= 0.6 is 11.3 Å². The lowest BCUT2D eigenvalue weighted by Crippen LogP contribution is -2.40. The molecular formula is C18H15N3O3S. The number of hydrogen-bond donors (Lipinski definition) is 1. The average Bonchev–Trinajstić information content (AvgIpc) is 3.34. The van der Waals surface area contributed by atoms with Gasteiger partial charge < -0.3 is 9.84 Å². The molecule has 1 aliphatic rings. The number of rotatable bonds is 4. The summed E-state index contributed by atoms with van der Waals surface area (Å²) in [5.41, 5.74) is 0.551. The van der Waals surface area contributed by atoms with Crippen molar-refractivity contribution in [2.45, 2.75) is 19.0 Å². The Bertz CT molecular complexity index is 920. The molecule has 0 radical (unpaired) electrons. The van der Waals surface area contributed by atoms with Crippen LogP contribution in [0.2, 0.25) is 0 Å². The summed E-state index contributed by atoms with van der Waals surface area (Å²) in [6.07, 6.45) is 0. The van der Waals surface area contributed by atoms with Gasteiger partial charge in [0.15, 0.2) is 11.3 Å². The minimum Gasteiger partial charge on any atom is -0.359 e. The second kappa shape index (κ2) is 5.86. The number of urea groups is 1. The van der Waals surface area contributed by atoms with E-state index in [0.717, 1.165) is 15.3 Å². The van der Waals surface area contributed by atoms with Crippen LogP contribution in [0, 0.1) is 0 Å². The van der Waals surface area contributed by atoms with Crippen molar-refractivity contribution in [2.24, 2.45) is 0 Å². The van der Waals surface area contributed by atoms with E-state index in [4.69, 9.17) is 4.52 Å². The van der Waals surface area contributed by atoms with Crippen LogP contribution in [0.3, 0.4) is 0 Å². The van der Waals surface area contributed by atoms with Gasteiger partial charge in [-0.05, 0) is 18.4 Å². The zero-order valence-electron chi connectivity index (χ0n) is 13.4. The van der Waals surface area contributed by atoms with Crippen molar-refractivity contribution in [1.29, 1.82) is 0 Å². The largest absolute Gasteiger partial charge is 0.359 e. The molecule has 7 heteroatoms. The number of benzene rings is 1. The number of carbonyl (C=O) groups is 2. The second-order valence-corrected chi connectivity index (χ2v) is 6.92. The number of amides is 3. The molecule has 25 heavy (non-hydrogen) atoms. The van der Waals surface area contributed by atoms with Gasteiger partial charge in [-0.3, -0.25) is 9.69 Å². The summed E-state index contributed by atoms with van der Waals surface area (Å²) >= 11 is 1.44. The van der Waals surface area contributed by atoms with Crippen molar-refractivity contribution >= 4 is 23.3 Å². The normalized spacial score (nSPS) is 20.1. The Morgan fingerprint density at radius 1 is 1.20 bits per heavy atom. The van der Waals surface area contributed by atoms with Gasteiger partial charge in [-0.2, -0.15) is 0 Å². The van der Waals surface area contributed by atoms with Crippen LogP contribution in [0.5, 0.6) is 0 Å². The first-order chi connectivity index (χ1) is 12.1. The van der Waals surface area contributed by atoms with Gasteiger partial charge in [-0.15, -0.1) is 11.3 Å². The van der Waals surface area contributed by atoms with E-state index in [0.29, 0.717) is 11.5 Å². The van der Waals surface area contributed by atoms with Crippen LogP contribution in [0.1, 0.15) is 17.6 Å². The Kier molecular flexibility index (Phi) is 3.65. The number of nitrogens with one attached hydrogen (secondary N) is 1. The van der Waals surface area contributed by atoms with Crippen LogP contribution in [-0.4, -0.2) is 22.0 Å². The average molecular weight is 353 g/mol. The molecule has 1 aromatic carbocycles. The van der Waals surface area contributed by atoms with Gasteiger partial charge in [0.05, 0.1) is 6.54 Å². The SMILES string of the molecule is CC1(c2cccs2)NC(=O)N(Cc2cc(-c3ccccc3)no2)C1=O. The van der Waals surface area contributed by atoms with Crippen molar-refractivity contribution in [1.82, 2.24) is 15.4 Å². The highest BCUT2D eigenvalue weighted by Gasteiger charge is 2.49. The van der Waals surface area contributed by atoms with E-state index in [-0.39, 0.29) is 12.5 Å². The third kappa shape index (κ3) is 2.62. The van der Waals surface area contributed by atoms with E-state index in [1.54, 1.807) is 13.0 Å². The van der Waals surface area contributed by atoms with Gasteiger partial charge in [0.1, 0.15) is 5.69 Å². The number of carbonyl (C=O) groups excluding carboxylic acids is 2. The van der Waals surface area contributed by atoms with Gasteiger partial charge in [-0.25, -0.2) is 4.79 Å². The van der Waals surface area contributed by atoms with Crippen LogP contribution < -0.4 is 5.32 Å². The molecule has 126 valence electrons. The first-order valence-electron chi connectivity index (χ1n) is 7.77. The van der Waals surface area contributed by atoms with Gasteiger partial charge in [0.25, 0.3) is 5.91 Å². The molecule has 0 bridgehead atoms. The lowest BCUT2D eigenvalue weighted by molar-refractivity contribution is -0.131. The van der Waals surface area contributed by atoms with E-state index in [9.17, 15) is 9.59 Å². The maximum atomic E-state index is 12.8. The quantitative estimate of drug-likeness (QED) is 0.730. The zero-order chi connectivity index (χ0) is 17.4.